The van der Waals surface area contributed by atoms with Gasteiger partial charge in [-0.05, 0) is 30.3 Å². The number of sulfonamides is 1. The van der Waals surface area contributed by atoms with Gasteiger partial charge >= 0.3 is 0 Å². The lowest BCUT2D eigenvalue weighted by Crippen LogP contribution is -2.48. The van der Waals surface area contributed by atoms with Gasteiger partial charge in [-0.15, -0.1) is 11.3 Å². The van der Waals surface area contributed by atoms with Crippen LogP contribution in [0.2, 0.25) is 0 Å². The fourth-order valence-corrected chi connectivity index (χ4v) is 6.65. The maximum atomic E-state index is 13.2. The van der Waals surface area contributed by atoms with Crippen LogP contribution in [0.1, 0.15) is 0 Å². The largest absolute Gasteiger partial charge is 0.497 e. The van der Waals surface area contributed by atoms with Gasteiger partial charge in [0.15, 0.2) is 5.13 Å². The molecule has 0 unspecified atom stereocenters. The summed E-state index contributed by atoms with van der Waals surface area (Å²) in [5.41, 5.74) is 1.69. The zero-order valence-electron chi connectivity index (χ0n) is 18.4. The molecule has 1 fully saturated rings. The Morgan fingerprint density at radius 3 is 2.33 bits per heavy atom. The standard InChI is InChI=1S/C22H24BrN3O5S2/c1-29-16-5-6-17(20(13-16)31-3)18-14-32-22(24-18)25-8-10-26(11-9-25)33(27,28)21-12-15(23)4-7-19(21)30-2/h4-7,12-14H,8-11H2,1-3H3. The van der Waals surface area contributed by atoms with E-state index in [1.54, 1.807) is 32.4 Å². The number of anilines is 1. The van der Waals surface area contributed by atoms with Gasteiger partial charge in [0.05, 0.1) is 27.0 Å². The predicted octanol–water partition coefficient (Wildman–Crippen LogP) is 4.11. The van der Waals surface area contributed by atoms with E-state index in [-0.39, 0.29) is 4.90 Å². The average Bonchev–Trinajstić information content (AvgIpc) is 3.33. The highest BCUT2D eigenvalue weighted by Crippen LogP contribution is 2.36. The number of nitrogens with zero attached hydrogens (tertiary/aromatic N) is 3. The van der Waals surface area contributed by atoms with Crippen LogP contribution in [0.3, 0.4) is 0 Å². The number of hydrogen-bond donors (Lipinski definition) is 0. The van der Waals surface area contributed by atoms with Crippen LogP contribution in [-0.2, 0) is 10.0 Å². The van der Waals surface area contributed by atoms with Crippen LogP contribution in [0.4, 0.5) is 5.13 Å². The first-order valence-electron chi connectivity index (χ1n) is 10.1. The molecule has 3 aromatic rings. The van der Waals surface area contributed by atoms with Gasteiger partial charge in [0.1, 0.15) is 22.1 Å². The van der Waals surface area contributed by atoms with E-state index in [2.05, 4.69) is 20.8 Å². The number of aromatic nitrogens is 1. The predicted molar refractivity (Wildman–Crippen MR) is 132 cm³/mol. The monoisotopic (exact) mass is 553 g/mol. The lowest BCUT2D eigenvalue weighted by atomic mass is 10.1. The topological polar surface area (TPSA) is 81.2 Å². The number of benzene rings is 2. The highest BCUT2D eigenvalue weighted by molar-refractivity contribution is 9.10. The summed E-state index contributed by atoms with van der Waals surface area (Å²) in [6, 6.07) is 10.6. The van der Waals surface area contributed by atoms with Crippen LogP contribution in [0.5, 0.6) is 17.2 Å². The molecule has 11 heteroatoms. The van der Waals surface area contributed by atoms with E-state index < -0.39 is 10.0 Å². The molecule has 0 atom stereocenters. The van der Waals surface area contributed by atoms with Crippen LogP contribution in [0.25, 0.3) is 11.3 Å². The SMILES string of the molecule is COc1ccc(-c2csc(N3CCN(S(=O)(=O)c4cc(Br)ccc4OC)CC3)n2)c(OC)c1. The third kappa shape index (κ3) is 4.81. The van der Waals surface area contributed by atoms with Crippen molar-refractivity contribution >= 4 is 42.4 Å². The molecular formula is C22H24BrN3O5S2. The van der Waals surface area contributed by atoms with Crippen LogP contribution < -0.4 is 19.1 Å². The second-order valence-corrected chi connectivity index (χ2v) is 10.9. The zero-order valence-corrected chi connectivity index (χ0v) is 21.7. The third-order valence-electron chi connectivity index (χ3n) is 5.43. The summed E-state index contributed by atoms with van der Waals surface area (Å²) in [6.07, 6.45) is 0. The van der Waals surface area contributed by atoms with Crippen molar-refractivity contribution in [1.82, 2.24) is 9.29 Å². The van der Waals surface area contributed by atoms with E-state index in [4.69, 9.17) is 19.2 Å². The minimum Gasteiger partial charge on any atom is -0.497 e. The molecule has 2 aromatic carbocycles. The molecule has 0 amide bonds. The normalized spacial score (nSPS) is 14.8. The van der Waals surface area contributed by atoms with Gasteiger partial charge in [-0.25, -0.2) is 13.4 Å². The van der Waals surface area contributed by atoms with Gasteiger partial charge < -0.3 is 19.1 Å². The zero-order chi connectivity index (χ0) is 23.6. The Hall–Kier alpha value is -2.34. The van der Waals surface area contributed by atoms with Gasteiger partial charge in [0.25, 0.3) is 0 Å². The molecule has 1 aromatic heterocycles. The molecule has 4 rings (SSSR count). The van der Waals surface area contributed by atoms with E-state index in [1.165, 1.54) is 22.8 Å². The van der Waals surface area contributed by atoms with Crippen molar-refractivity contribution in [3.05, 3.63) is 46.3 Å². The molecule has 0 spiro atoms. The summed E-state index contributed by atoms with van der Waals surface area (Å²) in [5.74, 6) is 1.73. The highest BCUT2D eigenvalue weighted by atomic mass is 79.9. The number of rotatable bonds is 7. The Bertz CT molecular complexity index is 1240. The maximum absolute atomic E-state index is 13.2. The Balaban J connectivity index is 1.50. The van der Waals surface area contributed by atoms with Gasteiger partial charge in [0, 0.05) is 47.7 Å². The van der Waals surface area contributed by atoms with Crippen molar-refractivity contribution < 1.29 is 22.6 Å². The Morgan fingerprint density at radius 2 is 1.67 bits per heavy atom. The summed E-state index contributed by atoms with van der Waals surface area (Å²) in [6.45, 7) is 1.81. The van der Waals surface area contributed by atoms with Crippen LogP contribution >= 0.6 is 27.3 Å². The molecular weight excluding hydrogens is 530 g/mol. The van der Waals surface area contributed by atoms with Gasteiger partial charge in [0.2, 0.25) is 10.0 Å². The molecule has 2 heterocycles. The number of thiazole rings is 1. The summed E-state index contributed by atoms with van der Waals surface area (Å²) in [5, 5.41) is 2.83. The summed E-state index contributed by atoms with van der Waals surface area (Å²) < 4.78 is 44.7. The quantitative estimate of drug-likeness (QED) is 0.435. The van der Waals surface area contributed by atoms with Gasteiger partial charge in [-0.1, -0.05) is 15.9 Å². The molecule has 1 aliphatic heterocycles. The van der Waals surface area contributed by atoms with Gasteiger partial charge in [-0.3, -0.25) is 0 Å². The number of piperazine rings is 1. The van der Waals surface area contributed by atoms with E-state index in [1.807, 2.05) is 23.6 Å². The van der Waals surface area contributed by atoms with Crippen molar-refractivity contribution in [2.75, 3.05) is 52.4 Å². The first-order valence-corrected chi connectivity index (χ1v) is 13.2. The first-order chi connectivity index (χ1) is 15.9. The molecule has 0 radical (unpaired) electrons. The van der Waals surface area contributed by atoms with Crippen molar-refractivity contribution in [1.29, 1.82) is 0 Å². The summed E-state index contributed by atoms with van der Waals surface area (Å²) >= 11 is 4.88. The van der Waals surface area contributed by atoms with Crippen molar-refractivity contribution in [3.63, 3.8) is 0 Å². The van der Waals surface area contributed by atoms with Crippen LogP contribution in [0.15, 0.2) is 51.1 Å². The minimum atomic E-state index is -3.68. The van der Waals surface area contributed by atoms with Crippen LogP contribution in [0, 0.1) is 0 Å². The lowest BCUT2D eigenvalue weighted by molar-refractivity contribution is 0.374. The van der Waals surface area contributed by atoms with Crippen molar-refractivity contribution in [2.45, 2.75) is 4.90 Å². The molecule has 0 saturated carbocycles. The Kier molecular flexibility index (Phi) is 7.13. The molecule has 0 bridgehead atoms. The number of ether oxygens (including phenoxy) is 3. The molecule has 1 aliphatic rings. The smallest absolute Gasteiger partial charge is 0.246 e. The molecule has 176 valence electrons. The summed E-state index contributed by atoms with van der Waals surface area (Å²) in [7, 11) is 1.02. The Morgan fingerprint density at radius 1 is 0.939 bits per heavy atom. The number of halogens is 1. The molecule has 8 nitrogen and oxygen atoms in total. The average molecular weight is 554 g/mol. The van der Waals surface area contributed by atoms with E-state index in [9.17, 15) is 8.42 Å². The Labute approximate surface area is 205 Å². The van der Waals surface area contributed by atoms with Gasteiger partial charge in [-0.2, -0.15) is 4.31 Å². The van der Waals surface area contributed by atoms with E-state index in [0.29, 0.717) is 47.9 Å². The number of methoxy groups -OCH3 is 3. The van der Waals surface area contributed by atoms with Crippen molar-refractivity contribution in [3.8, 4) is 28.5 Å². The second kappa shape index (κ2) is 9.88. The second-order valence-electron chi connectivity index (χ2n) is 7.27. The molecule has 0 N–H and O–H groups in total. The molecule has 1 saturated heterocycles. The maximum Gasteiger partial charge on any atom is 0.246 e. The first kappa shape index (κ1) is 23.8. The molecule has 33 heavy (non-hydrogen) atoms. The fourth-order valence-electron chi connectivity index (χ4n) is 3.65. The van der Waals surface area contributed by atoms with E-state index in [0.717, 1.165) is 16.4 Å². The number of hydrogen-bond acceptors (Lipinski definition) is 8. The van der Waals surface area contributed by atoms with Crippen LogP contribution in [-0.4, -0.2) is 65.2 Å². The fraction of sp³-hybridized carbons (Fsp3) is 0.318. The highest BCUT2D eigenvalue weighted by Gasteiger charge is 2.32. The van der Waals surface area contributed by atoms with Crippen molar-refractivity contribution in [2.24, 2.45) is 0 Å². The molecule has 0 aliphatic carbocycles. The third-order valence-corrected chi connectivity index (χ3v) is 8.74. The summed E-state index contributed by atoms with van der Waals surface area (Å²) in [4.78, 5) is 7.05. The minimum absolute atomic E-state index is 0.163. The lowest BCUT2D eigenvalue weighted by Gasteiger charge is -2.34. The van der Waals surface area contributed by atoms with E-state index >= 15 is 0 Å².